The predicted molar refractivity (Wildman–Crippen MR) is 426 cm³/mol. The molecule has 0 N–H and O–H groups in total. The van der Waals surface area contributed by atoms with Gasteiger partial charge in [-0.1, -0.05) is 365 Å². The van der Waals surface area contributed by atoms with E-state index in [2.05, 4.69) is 160 Å². The molecule has 0 aromatic heterocycles. The number of quaternary nitrogens is 1. The van der Waals surface area contributed by atoms with Crippen LogP contribution in [0.15, 0.2) is 146 Å². The first-order valence-corrected chi connectivity index (χ1v) is 41.0. The van der Waals surface area contributed by atoms with Gasteiger partial charge >= 0.3 is 11.9 Å². The van der Waals surface area contributed by atoms with E-state index in [0.717, 1.165) is 109 Å². The van der Waals surface area contributed by atoms with Gasteiger partial charge < -0.3 is 33.3 Å². The molecule has 0 aromatic rings. The van der Waals surface area contributed by atoms with Gasteiger partial charge in [0.2, 0.25) is 0 Å². The van der Waals surface area contributed by atoms with Crippen molar-refractivity contribution in [2.24, 2.45) is 0 Å². The molecule has 0 radical (unpaired) electrons. The maximum absolute atomic E-state index is 13.0. The zero-order valence-electron chi connectivity index (χ0n) is 64.8. The van der Waals surface area contributed by atoms with Gasteiger partial charge in [-0.3, -0.25) is 9.59 Å². The average molecular weight is 1380 g/mol. The van der Waals surface area contributed by atoms with Gasteiger partial charge in [0.05, 0.1) is 40.3 Å². The minimum absolute atomic E-state index is 0.145. The van der Waals surface area contributed by atoms with E-state index in [0.29, 0.717) is 17.4 Å². The SMILES string of the molecule is CC/C=C\C/C=C\C/C=C\C/C=C\C/C=C\C/C=C\C/C=C\CCCCCCCCCCCCCCCCCCCCCC(=O)OC(COC(=O)CCCCCCCCCCCCCCCCCCC/C=C\C/C=C\C/C=C\C/C=C\C/C=C\CC)COC(OCC[N+](C)(C)C)C(=O)[O-]. The summed E-state index contributed by atoms with van der Waals surface area (Å²) in [6.45, 7) is 4.55. The first kappa shape index (κ1) is 94.2. The molecule has 2 unspecified atom stereocenters. The number of carboxylic acids is 1. The Morgan fingerprint density at radius 1 is 0.303 bits per heavy atom. The molecule has 0 spiro atoms. The fourth-order valence-corrected chi connectivity index (χ4v) is 11.4. The number of rotatable bonds is 75. The van der Waals surface area contributed by atoms with Gasteiger partial charge in [0, 0.05) is 12.8 Å². The van der Waals surface area contributed by atoms with Crippen molar-refractivity contribution in [2.75, 3.05) is 47.5 Å². The molecule has 0 aliphatic carbocycles. The van der Waals surface area contributed by atoms with Crippen molar-refractivity contribution in [1.29, 1.82) is 0 Å². The second-order valence-corrected chi connectivity index (χ2v) is 28.3. The number of hydrogen-bond donors (Lipinski definition) is 0. The summed E-state index contributed by atoms with van der Waals surface area (Å²) in [4.78, 5) is 37.6. The van der Waals surface area contributed by atoms with E-state index in [9.17, 15) is 19.5 Å². The van der Waals surface area contributed by atoms with E-state index in [4.69, 9.17) is 18.9 Å². The molecule has 0 saturated carbocycles. The Bertz CT molecular complexity index is 2150. The van der Waals surface area contributed by atoms with Crippen LogP contribution in [0.2, 0.25) is 0 Å². The number of carbonyl (C=O) groups excluding carboxylic acids is 3. The molecule has 0 aliphatic heterocycles. The van der Waals surface area contributed by atoms with Gasteiger partial charge in [0.15, 0.2) is 12.4 Å². The van der Waals surface area contributed by atoms with Crippen LogP contribution in [-0.4, -0.2) is 82.3 Å². The second-order valence-electron chi connectivity index (χ2n) is 28.3. The van der Waals surface area contributed by atoms with E-state index in [1.54, 1.807) is 0 Å². The lowest BCUT2D eigenvalue weighted by molar-refractivity contribution is -0.870. The Labute approximate surface area is 611 Å². The normalized spacial score (nSPS) is 13.4. The number of hydrogen-bond acceptors (Lipinski definition) is 8. The van der Waals surface area contributed by atoms with Crippen LogP contribution in [0.3, 0.4) is 0 Å². The third kappa shape index (κ3) is 80.4. The van der Waals surface area contributed by atoms with Crippen LogP contribution in [-0.2, 0) is 33.3 Å². The standard InChI is InChI=1S/C90H153NO8/c1-6-8-10-12-14-16-18-20-22-24-26-28-30-32-34-36-38-40-41-42-43-44-45-46-47-49-51-53-55-57-59-61-63-65-67-69-71-73-75-77-79-81-88(93)99-86(85-98-90(89(94)95)96-83-82-91(3,4)5)84-97-87(92)80-78-76-74-72-70-68-66-64-62-60-58-56-54-52-50-48-39-37-35-33-31-29-27-25-23-21-19-17-15-13-11-9-7-2/h8-11,14-17,20-23,26-29,32-35,38,40,42-43,86,90H,6-7,12-13,18-19,24-25,30-31,36-37,39,41,44-85H2,1-5H3/b10-8-,11-9-,16-14-,17-15-,22-20-,23-21-,28-26-,29-27-,34-32-,35-33-,40-38-,43-42-. The fourth-order valence-electron chi connectivity index (χ4n) is 11.4. The lowest BCUT2D eigenvalue weighted by Crippen LogP contribution is -2.44. The average Bonchev–Trinajstić information content (AvgIpc) is 2.62. The Morgan fingerprint density at radius 3 is 0.808 bits per heavy atom. The molecule has 9 nitrogen and oxygen atoms in total. The van der Waals surface area contributed by atoms with Crippen molar-refractivity contribution >= 4 is 17.9 Å². The zero-order chi connectivity index (χ0) is 71.8. The van der Waals surface area contributed by atoms with Crippen LogP contribution in [0.1, 0.15) is 348 Å². The highest BCUT2D eigenvalue weighted by atomic mass is 16.7. The summed E-state index contributed by atoms with van der Waals surface area (Å²) in [6, 6.07) is 0. The van der Waals surface area contributed by atoms with Gasteiger partial charge in [0.25, 0.3) is 0 Å². The molecule has 0 fully saturated rings. The smallest absolute Gasteiger partial charge is 0.306 e. The molecule has 9 heteroatoms. The van der Waals surface area contributed by atoms with Gasteiger partial charge in [-0.05, 0) is 116 Å². The lowest BCUT2D eigenvalue weighted by Gasteiger charge is -2.26. The number of nitrogens with zero attached hydrogens (tertiary/aromatic N) is 1. The zero-order valence-corrected chi connectivity index (χ0v) is 64.8. The summed E-state index contributed by atoms with van der Waals surface area (Å²) >= 11 is 0. The first-order valence-electron chi connectivity index (χ1n) is 41.0. The number of allylic oxidation sites excluding steroid dienone is 24. The van der Waals surface area contributed by atoms with E-state index < -0.39 is 24.3 Å². The molecule has 0 aliphatic rings. The molecule has 0 rings (SSSR count). The van der Waals surface area contributed by atoms with Crippen molar-refractivity contribution < 1.29 is 42.9 Å². The molecular formula is C90H153NO8. The highest BCUT2D eigenvalue weighted by Gasteiger charge is 2.22. The molecule has 2 atom stereocenters. The predicted octanol–water partition coefficient (Wildman–Crippen LogP) is 25.3. The minimum atomic E-state index is -1.63. The van der Waals surface area contributed by atoms with Crippen molar-refractivity contribution in [2.45, 2.75) is 360 Å². The number of aliphatic carboxylic acids is 1. The molecule has 0 bridgehead atoms. The molecule has 0 saturated heterocycles. The number of likely N-dealkylation sites (N-methyl/N-ethyl adjacent to an activating group) is 1. The van der Waals surface area contributed by atoms with Gasteiger partial charge in [-0.15, -0.1) is 0 Å². The summed E-state index contributed by atoms with van der Waals surface area (Å²) in [7, 11) is 5.94. The first-order chi connectivity index (χ1) is 48.6. The molecule has 0 amide bonds. The quantitative estimate of drug-likeness (QED) is 0.0195. The van der Waals surface area contributed by atoms with Crippen LogP contribution in [0, 0.1) is 0 Å². The van der Waals surface area contributed by atoms with Gasteiger partial charge in [-0.25, -0.2) is 0 Å². The van der Waals surface area contributed by atoms with Crippen LogP contribution >= 0.6 is 0 Å². The van der Waals surface area contributed by atoms with Crippen LogP contribution < -0.4 is 5.11 Å². The summed E-state index contributed by atoms with van der Waals surface area (Å²) in [5.41, 5.74) is 0. The van der Waals surface area contributed by atoms with E-state index in [1.165, 1.54) is 205 Å². The van der Waals surface area contributed by atoms with Gasteiger partial charge in [-0.2, -0.15) is 0 Å². The molecule has 566 valence electrons. The third-order valence-corrected chi connectivity index (χ3v) is 17.6. The molecular weight excluding hydrogens is 1220 g/mol. The number of ether oxygens (including phenoxy) is 4. The number of carbonyl (C=O) groups is 3. The Kier molecular flexibility index (Phi) is 75.0. The highest BCUT2D eigenvalue weighted by Crippen LogP contribution is 2.19. The monoisotopic (exact) mass is 1380 g/mol. The van der Waals surface area contributed by atoms with Gasteiger partial charge in [0.1, 0.15) is 13.2 Å². The fraction of sp³-hybridized carbons (Fsp3) is 0.700. The summed E-state index contributed by atoms with van der Waals surface area (Å²) in [6.07, 6.45) is 113. The number of esters is 2. The third-order valence-electron chi connectivity index (χ3n) is 17.6. The lowest BCUT2D eigenvalue weighted by atomic mass is 10.0. The summed E-state index contributed by atoms with van der Waals surface area (Å²) in [5.74, 6) is -2.27. The van der Waals surface area contributed by atoms with Crippen LogP contribution in [0.4, 0.5) is 0 Å². The van der Waals surface area contributed by atoms with E-state index in [-0.39, 0.29) is 38.6 Å². The maximum atomic E-state index is 13.0. The Balaban J connectivity index is 4.01. The topological polar surface area (TPSA) is 111 Å². The molecule has 0 aromatic carbocycles. The van der Waals surface area contributed by atoms with Crippen molar-refractivity contribution in [3.8, 4) is 0 Å². The summed E-state index contributed by atoms with van der Waals surface area (Å²) in [5, 5.41) is 11.9. The van der Waals surface area contributed by atoms with E-state index in [1.807, 2.05) is 21.1 Å². The van der Waals surface area contributed by atoms with E-state index >= 15 is 0 Å². The second kappa shape index (κ2) is 78.9. The largest absolute Gasteiger partial charge is 0.545 e. The maximum Gasteiger partial charge on any atom is 0.306 e. The summed E-state index contributed by atoms with van der Waals surface area (Å²) < 4.78 is 22.9. The number of carboxylic acid groups (broad SMARTS) is 1. The van der Waals surface area contributed by atoms with Crippen LogP contribution in [0.5, 0.6) is 0 Å². The minimum Gasteiger partial charge on any atom is -0.545 e. The molecule has 0 heterocycles. The molecule has 99 heavy (non-hydrogen) atoms. The highest BCUT2D eigenvalue weighted by molar-refractivity contribution is 5.70. The van der Waals surface area contributed by atoms with Crippen LogP contribution in [0.25, 0.3) is 0 Å². The number of unbranched alkanes of at least 4 members (excludes halogenated alkanes) is 36. The van der Waals surface area contributed by atoms with Crippen molar-refractivity contribution in [3.05, 3.63) is 146 Å². The Hall–Kier alpha value is -4.83. The Morgan fingerprint density at radius 2 is 0.545 bits per heavy atom. The van der Waals surface area contributed by atoms with Crippen molar-refractivity contribution in [3.63, 3.8) is 0 Å². The van der Waals surface area contributed by atoms with Crippen molar-refractivity contribution in [1.82, 2.24) is 0 Å².